The summed E-state index contributed by atoms with van der Waals surface area (Å²) in [4.78, 5) is 0. The van der Waals surface area contributed by atoms with Gasteiger partial charge in [0.2, 0.25) is 0 Å². The second-order valence-corrected chi connectivity index (χ2v) is 16.2. The minimum absolute atomic E-state index is 1.15. The third-order valence-corrected chi connectivity index (χ3v) is 12.5. The lowest BCUT2D eigenvalue weighted by Crippen LogP contribution is -1.96. The molecule has 0 fully saturated rings. The Morgan fingerprint density at radius 3 is 1.03 bits per heavy atom. The summed E-state index contributed by atoms with van der Waals surface area (Å²) in [5, 5.41) is 4.96. The van der Waals surface area contributed by atoms with Crippen LogP contribution >= 0.6 is 0 Å². The summed E-state index contributed by atoms with van der Waals surface area (Å²) in [5.74, 6) is 0. The molecule has 0 spiro atoms. The van der Waals surface area contributed by atoms with Crippen LogP contribution in [0.1, 0.15) is 0 Å². The zero-order valence-electron chi connectivity index (χ0n) is 34.0. The Bertz CT molecular complexity index is 3540. The van der Waals surface area contributed by atoms with E-state index in [0.717, 1.165) is 11.4 Å². The first-order chi connectivity index (χ1) is 30.7. The quantitative estimate of drug-likeness (QED) is 0.152. The Labute approximate surface area is 360 Å². The lowest BCUT2D eigenvalue weighted by atomic mass is 9.98. The van der Waals surface area contributed by atoms with Crippen molar-refractivity contribution in [3.8, 4) is 67.0 Å². The van der Waals surface area contributed by atoms with Gasteiger partial charge < -0.3 is 9.13 Å². The van der Waals surface area contributed by atoms with Gasteiger partial charge in [-0.05, 0) is 122 Å². The Morgan fingerprint density at radius 2 is 0.516 bits per heavy atom. The number of benzene rings is 10. The Morgan fingerprint density at radius 1 is 0.177 bits per heavy atom. The smallest absolute Gasteiger partial charge is 0.0541 e. The Hall–Kier alpha value is -8.20. The molecule has 290 valence electrons. The highest BCUT2D eigenvalue weighted by atomic mass is 15.0. The summed E-state index contributed by atoms with van der Waals surface area (Å²) in [6.45, 7) is 0. The van der Waals surface area contributed by atoms with Crippen molar-refractivity contribution in [2.24, 2.45) is 0 Å². The molecule has 0 aliphatic carbocycles. The molecule has 10 aromatic carbocycles. The number of para-hydroxylation sites is 2. The summed E-state index contributed by atoms with van der Waals surface area (Å²) in [6, 6.07) is 88.4. The van der Waals surface area contributed by atoms with Gasteiger partial charge in [0, 0.05) is 32.9 Å². The van der Waals surface area contributed by atoms with E-state index in [4.69, 9.17) is 0 Å². The van der Waals surface area contributed by atoms with Gasteiger partial charge in [-0.1, -0.05) is 176 Å². The number of hydrogen-bond acceptors (Lipinski definition) is 0. The lowest BCUT2D eigenvalue weighted by Gasteiger charge is -2.14. The van der Waals surface area contributed by atoms with Crippen LogP contribution in [0.25, 0.3) is 111 Å². The van der Waals surface area contributed by atoms with Crippen molar-refractivity contribution in [2.45, 2.75) is 0 Å². The van der Waals surface area contributed by atoms with Gasteiger partial charge in [0.15, 0.2) is 0 Å². The third kappa shape index (κ3) is 6.12. The van der Waals surface area contributed by atoms with Crippen LogP contribution in [0.5, 0.6) is 0 Å². The summed E-state index contributed by atoms with van der Waals surface area (Å²) in [7, 11) is 0. The molecule has 0 radical (unpaired) electrons. The summed E-state index contributed by atoms with van der Waals surface area (Å²) < 4.78 is 4.86. The molecule has 0 saturated heterocycles. The fourth-order valence-corrected chi connectivity index (χ4v) is 9.51. The molecule has 0 N–H and O–H groups in total. The van der Waals surface area contributed by atoms with Gasteiger partial charge >= 0.3 is 0 Å². The maximum Gasteiger partial charge on any atom is 0.0541 e. The van der Waals surface area contributed by atoms with E-state index in [9.17, 15) is 0 Å². The van der Waals surface area contributed by atoms with Crippen LogP contribution in [-0.4, -0.2) is 9.13 Å². The van der Waals surface area contributed by atoms with E-state index in [1.165, 1.54) is 99.2 Å². The highest BCUT2D eigenvalue weighted by Gasteiger charge is 2.18. The molecule has 2 aromatic heterocycles. The Kier molecular flexibility index (Phi) is 8.53. The summed E-state index contributed by atoms with van der Waals surface area (Å²) in [6.07, 6.45) is 0. The first kappa shape index (κ1) is 35.7. The van der Waals surface area contributed by atoms with E-state index in [-0.39, 0.29) is 0 Å². The maximum atomic E-state index is 2.44. The van der Waals surface area contributed by atoms with Crippen molar-refractivity contribution < 1.29 is 0 Å². The van der Waals surface area contributed by atoms with Crippen molar-refractivity contribution in [1.82, 2.24) is 9.13 Å². The van der Waals surface area contributed by atoms with Crippen molar-refractivity contribution in [1.29, 1.82) is 0 Å². The third-order valence-electron chi connectivity index (χ3n) is 12.5. The average molecular weight is 789 g/mol. The molecule has 0 unspecified atom stereocenters. The molecule has 12 rings (SSSR count). The molecular formula is C60H40N2. The fourth-order valence-electron chi connectivity index (χ4n) is 9.51. The van der Waals surface area contributed by atoms with Gasteiger partial charge in [-0.3, -0.25) is 0 Å². The Balaban J connectivity index is 0.968. The molecule has 2 heteroatoms. The van der Waals surface area contributed by atoms with Crippen LogP contribution in [-0.2, 0) is 0 Å². The van der Waals surface area contributed by atoms with Crippen molar-refractivity contribution in [2.75, 3.05) is 0 Å². The van der Waals surface area contributed by atoms with Crippen LogP contribution in [0.15, 0.2) is 243 Å². The number of hydrogen-bond donors (Lipinski definition) is 0. The molecule has 2 nitrogen and oxygen atoms in total. The minimum Gasteiger partial charge on any atom is -0.309 e. The highest BCUT2D eigenvalue weighted by molar-refractivity contribution is 6.13. The van der Waals surface area contributed by atoms with Crippen LogP contribution in [0.3, 0.4) is 0 Å². The number of rotatable bonds is 7. The second-order valence-electron chi connectivity index (χ2n) is 16.2. The van der Waals surface area contributed by atoms with Crippen LogP contribution in [0, 0.1) is 0 Å². The van der Waals surface area contributed by atoms with Gasteiger partial charge in [-0.2, -0.15) is 0 Å². The van der Waals surface area contributed by atoms with Crippen molar-refractivity contribution >= 4 is 43.6 Å². The second kappa shape index (κ2) is 14.8. The number of nitrogens with zero attached hydrogens (tertiary/aromatic N) is 2. The normalized spacial score (nSPS) is 11.5. The summed E-state index contributed by atoms with van der Waals surface area (Å²) in [5.41, 5.74) is 19.1. The topological polar surface area (TPSA) is 9.86 Å². The molecule has 0 saturated carbocycles. The highest BCUT2D eigenvalue weighted by Crippen LogP contribution is 2.40. The first-order valence-corrected chi connectivity index (χ1v) is 21.3. The monoisotopic (exact) mass is 788 g/mol. The van der Waals surface area contributed by atoms with E-state index >= 15 is 0 Å². The van der Waals surface area contributed by atoms with Crippen LogP contribution < -0.4 is 0 Å². The lowest BCUT2D eigenvalue weighted by molar-refractivity contribution is 1.18. The van der Waals surface area contributed by atoms with Gasteiger partial charge in [0.05, 0.1) is 22.1 Å². The number of fused-ring (bicyclic) bond motifs is 6. The van der Waals surface area contributed by atoms with E-state index in [1.54, 1.807) is 0 Å². The van der Waals surface area contributed by atoms with Gasteiger partial charge in [-0.25, -0.2) is 0 Å². The van der Waals surface area contributed by atoms with Crippen molar-refractivity contribution in [3.05, 3.63) is 243 Å². The maximum absolute atomic E-state index is 2.44. The molecule has 0 bridgehead atoms. The molecule has 0 atom stereocenters. The average Bonchev–Trinajstić information content (AvgIpc) is 3.87. The summed E-state index contributed by atoms with van der Waals surface area (Å²) >= 11 is 0. The standard InChI is InChI=1S/C60H40N2/c1-4-15-41(16-5-1)44-27-29-45(30-28-44)46-21-14-22-51(36-46)61-57-25-12-10-23-53(57)55-39-47(31-33-59(55)61)48-32-34-60-56(40-48)54-24-11-13-26-58(54)62(60)52-37-49(42-17-6-2-7-18-42)35-50(38-52)43-19-8-3-9-20-43/h1-40H. The van der Waals surface area contributed by atoms with E-state index < -0.39 is 0 Å². The van der Waals surface area contributed by atoms with E-state index in [1.807, 2.05) is 0 Å². The van der Waals surface area contributed by atoms with Crippen LogP contribution in [0.4, 0.5) is 0 Å². The van der Waals surface area contributed by atoms with E-state index in [0.29, 0.717) is 0 Å². The molecule has 12 aromatic rings. The van der Waals surface area contributed by atoms with Gasteiger partial charge in [0.25, 0.3) is 0 Å². The largest absolute Gasteiger partial charge is 0.309 e. The fraction of sp³-hybridized carbons (Fsp3) is 0. The van der Waals surface area contributed by atoms with Gasteiger partial charge in [0.1, 0.15) is 0 Å². The van der Waals surface area contributed by atoms with E-state index in [2.05, 4.69) is 252 Å². The molecule has 0 aliphatic heterocycles. The predicted molar refractivity (Wildman–Crippen MR) is 262 cm³/mol. The molecule has 2 heterocycles. The van der Waals surface area contributed by atoms with Crippen molar-refractivity contribution in [3.63, 3.8) is 0 Å². The predicted octanol–water partition coefficient (Wildman–Crippen LogP) is 16.2. The van der Waals surface area contributed by atoms with Crippen LogP contribution in [0.2, 0.25) is 0 Å². The zero-order valence-corrected chi connectivity index (χ0v) is 34.0. The van der Waals surface area contributed by atoms with Gasteiger partial charge in [-0.15, -0.1) is 0 Å². The molecular weight excluding hydrogens is 749 g/mol. The minimum atomic E-state index is 1.15. The first-order valence-electron chi connectivity index (χ1n) is 21.3. The number of aromatic nitrogens is 2. The molecule has 62 heavy (non-hydrogen) atoms. The molecule has 0 amide bonds. The zero-order chi connectivity index (χ0) is 41.0. The SMILES string of the molecule is c1ccc(-c2ccc(-c3cccc(-n4c5ccccc5c5cc(-c6ccc7c(c6)c6ccccc6n7-c6cc(-c7ccccc7)cc(-c7ccccc7)c6)ccc54)c3)cc2)cc1. The molecule has 0 aliphatic rings.